The van der Waals surface area contributed by atoms with Crippen molar-refractivity contribution in [2.75, 3.05) is 5.75 Å². The van der Waals surface area contributed by atoms with E-state index in [9.17, 15) is 9.90 Å². The Morgan fingerprint density at radius 1 is 1.21 bits per heavy atom. The average molecular weight is 341 g/mol. The van der Waals surface area contributed by atoms with Crippen molar-refractivity contribution in [2.45, 2.75) is 12.1 Å². The zero-order valence-electron chi connectivity index (χ0n) is 12.9. The first-order valence-corrected chi connectivity index (χ1v) is 8.19. The predicted molar refractivity (Wildman–Crippen MR) is 92.0 cm³/mol. The Morgan fingerprint density at radius 3 is 2.75 bits per heavy atom. The van der Waals surface area contributed by atoms with Crippen molar-refractivity contribution in [3.05, 3.63) is 48.0 Å². The Labute approximate surface area is 142 Å². The fraction of sp³-hybridized carbons (Fsp3) is 0.118. The van der Waals surface area contributed by atoms with E-state index in [0.29, 0.717) is 11.0 Å². The molecule has 1 heterocycles. The molecule has 122 valence electrons. The van der Waals surface area contributed by atoms with Gasteiger partial charge < -0.3 is 10.2 Å². The van der Waals surface area contributed by atoms with Crippen LogP contribution in [-0.2, 0) is 4.79 Å². The summed E-state index contributed by atoms with van der Waals surface area (Å²) in [5, 5.41) is 25.5. The normalized spacial score (nSPS) is 10.7. The van der Waals surface area contributed by atoms with Crippen LogP contribution in [-0.4, -0.2) is 37.1 Å². The number of hydrogen-bond donors (Lipinski definition) is 3. The van der Waals surface area contributed by atoms with E-state index >= 15 is 0 Å². The number of thioether (sulfide) groups is 1. The third kappa shape index (κ3) is 3.57. The van der Waals surface area contributed by atoms with E-state index in [0.717, 1.165) is 34.0 Å². The second-order valence-corrected chi connectivity index (χ2v) is 6.17. The van der Waals surface area contributed by atoms with Gasteiger partial charge in [-0.05, 0) is 41.8 Å². The molecule has 1 aromatic heterocycles. The van der Waals surface area contributed by atoms with E-state index in [-0.39, 0.29) is 11.5 Å². The number of aliphatic carboxylic acids is 1. The number of carbonyl (C=O) groups is 1. The van der Waals surface area contributed by atoms with Crippen LogP contribution >= 0.6 is 11.8 Å². The molecule has 3 N–H and O–H groups in total. The van der Waals surface area contributed by atoms with Crippen LogP contribution in [0.25, 0.3) is 22.5 Å². The fourth-order valence-corrected chi connectivity index (χ4v) is 2.89. The Morgan fingerprint density at radius 2 is 2.00 bits per heavy atom. The minimum atomic E-state index is -0.906. The molecular weight excluding hydrogens is 326 g/mol. The van der Waals surface area contributed by atoms with E-state index in [1.165, 1.54) is 0 Å². The SMILES string of the molecule is Cc1cc(O)ccc1-c1cccc(-c2nc(SCC(=O)O)n[nH]2)c1. The van der Waals surface area contributed by atoms with Crippen molar-refractivity contribution < 1.29 is 15.0 Å². The number of phenolic OH excluding ortho intramolecular Hbond substituents is 1. The number of nitrogens with zero attached hydrogens (tertiary/aromatic N) is 2. The second kappa shape index (κ2) is 6.76. The quantitative estimate of drug-likeness (QED) is 0.616. The van der Waals surface area contributed by atoms with Crippen LogP contribution in [0.3, 0.4) is 0 Å². The third-order valence-electron chi connectivity index (χ3n) is 3.45. The molecule has 0 atom stereocenters. The number of aromatic hydroxyl groups is 1. The van der Waals surface area contributed by atoms with Crippen molar-refractivity contribution in [1.29, 1.82) is 0 Å². The third-order valence-corrected chi connectivity index (χ3v) is 4.28. The Balaban J connectivity index is 1.89. The van der Waals surface area contributed by atoms with Crippen LogP contribution in [0.4, 0.5) is 0 Å². The monoisotopic (exact) mass is 341 g/mol. The maximum absolute atomic E-state index is 10.6. The minimum Gasteiger partial charge on any atom is -0.508 e. The highest BCUT2D eigenvalue weighted by molar-refractivity contribution is 7.99. The highest BCUT2D eigenvalue weighted by Gasteiger charge is 2.10. The molecule has 0 saturated carbocycles. The predicted octanol–water partition coefficient (Wildman–Crippen LogP) is 3.33. The number of H-pyrrole nitrogens is 1. The summed E-state index contributed by atoms with van der Waals surface area (Å²) in [6, 6.07) is 13.0. The van der Waals surface area contributed by atoms with Gasteiger partial charge in [0.15, 0.2) is 5.82 Å². The number of benzene rings is 2. The molecule has 0 aliphatic heterocycles. The molecule has 0 unspecified atom stereocenters. The molecule has 0 aliphatic rings. The van der Waals surface area contributed by atoms with Gasteiger partial charge in [-0.1, -0.05) is 36.0 Å². The standard InChI is InChI=1S/C17H15N3O3S/c1-10-7-13(21)5-6-14(10)11-3-2-4-12(8-11)16-18-17(20-19-16)24-9-15(22)23/h2-8,21H,9H2,1H3,(H,22,23)(H,18,19,20). The highest BCUT2D eigenvalue weighted by Crippen LogP contribution is 2.29. The molecule has 0 fully saturated rings. The molecule has 0 radical (unpaired) electrons. The van der Waals surface area contributed by atoms with Crippen LogP contribution in [0.15, 0.2) is 47.6 Å². The first kappa shape index (κ1) is 16.1. The van der Waals surface area contributed by atoms with Crippen LogP contribution in [0, 0.1) is 6.92 Å². The summed E-state index contributed by atoms with van der Waals surface area (Å²) < 4.78 is 0. The van der Waals surface area contributed by atoms with Crippen LogP contribution in [0.1, 0.15) is 5.56 Å². The van der Waals surface area contributed by atoms with E-state index in [1.807, 2.05) is 37.3 Å². The van der Waals surface area contributed by atoms with Gasteiger partial charge in [0.05, 0.1) is 5.75 Å². The van der Waals surface area contributed by atoms with Crippen molar-refractivity contribution >= 4 is 17.7 Å². The van der Waals surface area contributed by atoms with E-state index in [4.69, 9.17) is 5.11 Å². The molecule has 6 nitrogen and oxygen atoms in total. The van der Waals surface area contributed by atoms with Gasteiger partial charge in [-0.15, -0.1) is 5.10 Å². The fourth-order valence-electron chi connectivity index (χ4n) is 2.37. The molecule has 2 aromatic carbocycles. The molecule has 7 heteroatoms. The largest absolute Gasteiger partial charge is 0.508 e. The van der Waals surface area contributed by atoms with Crippen molar-refractivity contribution in [3.63, 3.8) is 0 Å². The summed E-state index contributed by atoms with van der Waals surface area (Å²) in [5.74, 6) is -0.163. The maximum atomic E-state index is 10.6. The number of hydrogen-bond acceptors (Lipinski definition) is 5. The molecule has 0 saturated heterocycles. The summed E-state index contributed by atoms with van der Waals surface area (Å²) in [5.41, 5.74) is 3.85. The molecule has 0 spiro atoms. The highest BCUT2D eigenvalue weighted by atomic mass is 32.2. The summed E-state index contributed by atoms with van der Waals surface area (Å²) in [4.78, 5) is 14.9. The van der Waals surface area contributed by atoms with Gasteiger partial charge in [0, 0.05) is 5.56 Å². The minimum absolute atomic E-state index is 0.0793. The molecule has 24 heavy (non-hydrogen) atoms. The zero-order chi connectivity index (χ0) is 17.1. The topological polar surface area (TPSA) is 99.1 Å². The van der Waals surface area contributed by atoms with Gasteiger partial charge in [0.2, 0.25) is 5.16 Å². The number of aromatic amines is 1. The average Bonchev–Trinajstić information content (AvgIpc) is 3.02. The van der Waals surface area contributed by atoms with Crippen molar-refractivity contribution in [2.24, 2.45) is 0 Å². The maximum Gasteiger partial charge on any atom is 0.313 e. The molecule has 0 bridgehead atoms. The lowest BCUT2D eigenvalue weighted by atomic mass is 9.98. The molecule has 0 aliphatic carbocycles. The lowest BCUT2D eigenvalue weighted by Gasteiger charge is -2.08. The lowest BCUT2D eigenvalue weighted by Crippen LogP contribution is -1.97. The van der Waals surface area contributed by atoms with E-state index in [1.54, 1.807) is 12.1 Å². The number of phenols is 1. The van der Waals surface area contributed by atoms with Crippen LogP contribution < -0.4 is 0 Å². The number of aromatic nitrogens is 3. The number of aryl methyl sites for hydroxylation is 1. The Bertz CT molecular complexity index is 892. The van der Waals surface area contributed by atoms with E-state index < -0.39 is 5.97 Å². The van der Waals surface area contributed by atoms with Crippen molar-refractivity contribution in [3.8, 4) is 28.3 Å². The number of carboxylic acids is 1. The van der Waals surface area contributed by atoms with Gasteiger partial charge in [0.25, 0.3) is 0 Å². The van der Waals surface area contributed by atoms with Gasteiger partial charge in [-0.3, -0.25) is 9.89 Å². The zero-order valence-corrected chi connectivity index (χ0v) is 13.7. The smallest absolute Gasteiger partial charge is 0.313 e. The lowest BCUT2D eigenvalue weighted by molar-refractivity contribution is -0.133. The second-order valence-electron chi connectivity index (χ2n) is 5.23. The van der Waals surface area contributed by atoms with Gasteiger partial charge in [0.1, 0.15) is 5.75 Å². The summed E-state index contributed by atoms with van der Waals surface area (Å²) in [7, 11) is 0. The molecule has 3 rings (SSSR count). The number of nitrogens with one attached hydrogen (secondary N) is 1. The van der Waals surface area contributed by atoms with Gasteiger partial charge in [-0.25, -0.2) is 4.98 Å². The summed E-state index contributed by atoms with van der Waals surface area (Å²) in [6.07, 6.45) is 0. The first-order valence-electron chi connectivity index (χ1n) is 7.20. The summed E-state index contributed by atoms with van der Waals surface area (Å²) in [6.45, 7) is 1.94. The van der Waals surface area contributed by atoms with Crippen LogP contribution in [0.5, 0.6) is 5.75 Å². The number of rotatable bonds is 5. The van der Waals surface area contributed by atoms with Gasteiger partial charge >= 0.3 is 5.97 Å². The van der Waals surface area contributed by atoms with E-state index in [2.05, 4.69) is 15.2 Å². The molecule has 0 amide bonds. The van der Waals surface area contributed by atoms with Gasteiger partial charge in [-0.2, -0.15) is 0 Å². The molecule has 3 aromatic rings. The number of carboxylic acid groups (broad SMARTS) is 1. The first-order chi connectivity index (χ1) is 11.5. The van der Waals surface area contributed by atoms with Crippen molar-refractivity contribution in [1.82, 2.24) is 15.2 Å². The molecular formula is C17H15N3O3S. The van der Waals surface area contributed by atoms with Crippen LogP contribution in [0.2, 0.25) is 0 Å². The summed E-state index contributed by atoms with van der Waals surface area (Å²) >= 11 is 1.07. The Kier molecular flexibility index (Phi) is 4.52. The Hall–Kier alpha value is -2.80.